The quantitative estimate of drug-likeness (QED) is 0.544. The second kappa shape index (κ2) is 6.99. The first-order chi connectivity index (χ1) is 14.7. The highest BCUT2D eigenvalue weighted by atomic mass is 19.1. The van der Waals surface area contributed by atoms with E-state index in [0.29, 0.717) is 0 Å². The van der Waals surface area contributed by atoms with Gasteiger partial charge in [0.1, 0.15) is 11.6 Å². The first-order valence-corrected chi connectivity index (χ1v) is 10.5. The molecule has 1 N–H and O–H groups in total. The minimum Gasteiger partial charge on any atom is -0.378 e. The van der Waals surface area contributed by atoms with E-state index >= 15 is 0 Å². The van der Waals surface area contributed by atoms with E-state index in [4.69, 9.17) is 9.72 Å². The van der Waals surface area contributed by atoms with Gasteiger partial charge in [-0.1, -0.05) is 0 Å². The maximum absolute atomic E-state index is 13.7. The van der Waals surface area contributed by atoms with Gasteiger partial charge in [0.15, 0.2) is 0 Å². The molecular formula is C24H23FN4O. The Morgan fingerprint density at radius 1 is 0.933 bits per heavy atom. The molecule has 6 heteroatoms. The summed E-state index contributed by atoms with van der Waals surface area (Å²) in [4.78, 5) is 13.0. The Balaban J connectivity index is 1.29. The average molecular weight is 402 g/mol. The summed E-state index contributed by atoms with van der Waals surface area (Å²) < 4.78 is 19.1. The fourth-order valence-electron chi connectivity index (χ4n) is 4.70. The SMILES string of the molecule is Fc1ccc2[nH]c3c(c2c1)CCN(c1ccc2nc(N4CCOCC4)ccc2c1)C3. The molecule has 0 bridgehead atoms. The first-order valence-electron chi connectivity index (χ1n) is 10.5. The first kappa shape index (κ1) is 17.7. The fraction of sp³-hybridized carbons (Fsp3) is 0.292. The molecule has 0 atom stereocenters. The van der Waals surface area contributed by atoms with Crippen LogP contribution in [0.25, 0.3) is 21.8 Å². The van der Waals surface area contributed by atoms with Crippen molar-refractivity contribution < 1.29 is 9.13 Å². The molecule has 0 radical (unpaired) electrons. The van der Waals surface area contributed by atoms with Crippen LogP contribution in [0.5, 0.6) is 0 Å². The van der Waals surface area contributed by atoms with Crippen molar-refractivity contribution in [1.29, 1.82) is 0 Å². The number of anilines is 2. The van der Waals surface area contributed by atoms with Crippen molar-refractivity contribution >= 4 is 33.3 Å². The summed E-state index contributed by atoms with van der Waals surface area (Å²) in [6.45, 7) is 5.02. The summed E-state index contributed by atoms with van der Waals surface area (Å²) in [5.74, 6) is 0.844. The van der Waals surface area contributed by atoms with Crippen LogP contribution < -0.4 is 9.80 Å². The Morgan fingerprint density at radius 2 is 1.83 bits per heavy atom. The number of fused-ring (bicyclic) bond motifs is 4. The van der Waals surface area contributed by atoms with Gasteiger partial charge in [-0.25, -0.2) is 9.37 Å². The maximum atomic E-state index is 13.7. The van der Waals surface area contributed by atoms with Crippen molar-refractivity contribution in [3.8, 4) is 0 Å². The standard InChI is InChI=1S/C24H23FN4O/c25-17-2-4-22-20(14-17)19-7-8-29(15-23(19)26-22)18-3-5-21-16(13-18)1-6-24(27-21)28-9-11-30-12-10-28/h1-6,13-14,26H,7-12,15H2. The molecule has 1 saturated heterocycles. The molecular weight excluding hydrogens is 379 g/mol. The molecule has 2 aliphatic rings. The second-order valence-corrected chi connectivity index (χ2v) is 8.09. The number of H-pyrrole nitrogens is 1. The van der Waals surface area contributed by atoms with Gasteiger partial charge in [-0.05, 0) is 60.5 Å². The number of ether oxygens (including phenoxy) is 1. The smallest absolute Gasteiger partial charge is 0.129 e. The number of halogens is 1. The Morgan fingerprint density at radius 3 is 2.73 bits per heavy atom. The number of pyridine rings is 1. The molecule has 2 aromatic carbocycles. The van der Waals surface area contributed by atoms with Crippen LogP contribution in [-0.2, 0) is 17.7 Å². The Labute approximate surface area is 174 Å². The summed E-state index contributed by atoms with van der Waals surface area (Å²) >= 11 is 0. The minimum atomic E-state index is -0.176. The topological polar surface area (TPSA) is 44.4 Å². The molecule has 6 rings (SSSR count). The number of nitrogens with zero attached hydrogens (tertiary/aromatic N) is 3. The highest BCUT2D eigenvalue weighted by Crippen LogP contribution is 2.32. The van der Waals surface area contributed by atoms with Crippen LogP contribution in [0.4, 0.5) is 15.9 Å². The van der Waals surface area contributed by atoms with Crippen LogP contribution in [-0.4, -0.2) is 42.8 Å². The lowest BCUT2D eigenvalue weighted by atomic mass is 10.0. The summed E-state index contributed by atoms with van der Waals surface area (Å²) in [5.41, 5.74) is 5.66. The third kappa shape index (κ3) is 2.99. The van der Waals surface area contributed by atoms with Crippen molar-refractivity contribution in [2.75, 3.05) is 42.6 Å². The Kier molecular flexibility index (Phi) is 4.13. The van der Waals surface area contributed by atoms with Crippen LogP contribution >= 0.6 is 0 Å². The third-order valence-corrected chi connectivity index (χ3v) is 6.30. The van der Waals surface area contributed by atoms with Crippen molar-refractivity contribution in [2.24, 2.45) is 0 Å². The summed E-state index contributed by atoms with van der Waals surface area (Å²) in [7, 11) is 0. The molecule has 152 valence electrons. The summed E-state index contributed by atoms with van der Waals surface area (Å²) in [5, 5.41) is 2.16. The van der Waals surface area contributed by atoms with Gasteiger partial charge in [0.2, 0.25) is 0 Å². The number of aromatic nitrogens is 2. The zero-order valence-electron chi connectivity index (χ0n) is 16.7. The number of rotatable bonds is 2. The normalized spacial score (nSPS) is 17.0. The number of nitrogens with one attached hydrogen (secondary N) is 1. The average Bonchev–Trinajstić information content (AvgIpc) is 3.16. The molecule has 4 heterocycles. The summed E-state index contributed by atoms with van der Waals surface area (Å²) in [6.07, 6.45) is 0.908. The molecule has 0 spiro atoms. The number of hydrogen-bond acceptors (Lipinski definition) is 4. The lowest BCUT2D eigenvalue weighted by Gasteiger charge is -2.30. The molecule has 5 nitrogen and oxygen atoms in total. The van der Waals surface area contributed by atoms with E-state index in [1.54, 1.807) is 6.07 Å². The van der Waals surface area contributed by atoms with Crippen LogP contribution in [0, 0.1) is 5.82 Å². The van der Waals surface area contributed by atoms with Gasteiger partial charge in [0, 0.05) is 47.3 Å². The van der Waals surface area contributed by atoms with Gasteiger partial charge in [-0.2, -0.15) is 0 Å². The lowest BCUT2D eigenvalue weighted by Crippen LogP contribution is -2.36. The number of benzene rings is 2. The largest absolute Gasteiger partial charge is 0.378 e. The van der Waals surface area contributed by atoms with E-state index in [0.717, 1.165) is 73.4 Å². The van der Waals surface area contributed by atoms with Gasteiger partial charge in [0.05, 0.1) is 25.3 Å². The molecule has 0 amide bonds. The number of morpholine rings is 1. The van der Waals surface area contributed by atoms with Crippen molar-refractivity contribution in [2.45, 2.75) is 13.0 Å². The Hall–Kier alpha value is -3.12. The lowest BCUT2D eigenvalue weighted by molar-refractivity contribution is 0.122. The molecule has 1 fully saturated rings. The molecule has 0 unspecified atom stereocenters. The zero-order chi connectivity index (χ0) is 20.1. The van der Waals surface area contributed by atoms with Crippen molar-refractivity contribution in [3.63, 3.8) is 0 Å². The second-order valence-electron chi connectivity index (χ2n) is 8.09. The van der Waals surface area contributed by atoms with Crippen LogP contribution in [0.2, 0.25) is 0 Å². The highest BCUT2D eigenvalue weighted by molar-refractivity contribution is 5.86. The summed E-state index contributed by atoms with van der Waals surface area (Å²) in [6, 6.07) is 15.8. The van der Waals surface area contributed by atoms with Crippen molar-refractivity contribution in [1.82, 2.24) is 9.97 Å². The van der Waals surface area contributed by atoms with Crippen LogP contribution in [0.1, 0.15) is 11.3 Å². The molecule has 4 aromatic rings. The van der Waals surface area contributed by atoms with E-state index < -0.39 is 0 Å². The third-order valence-electron chi connectivity index (χ3n) is 6.30. The highest BCUT2D eigenvalue weighted by Gasteiger charge is 2.21. The van der Waals surface area contributed by atoms with E-state index in [2.05, 4.69) is 45.1 Å². The van der Waals surface area contributed by atoms with E-state index in [-0.39, 0.29) is 5.82 Å². The van der Waals surface area contributed by atoms with Gasteiger partial charge in [-0.15, -0.1) is 0 Å². The van der Waals surface area contributed by atoms with Gasteiger partial charge >= 0.3 is 0 Å². The maximum Gasteiger partial charge on any atom is 0.129 e. The molecule has 0 aliphatic carbocycles. The van der Waals surface area contributed by atoms with E-state index in [9.17, 15) is 4.39 Å². The molecule has 0 saturated carbocycles. The van der Waals surface area contributed by atoms with Gasteiger partial charge in [0.25, 0.3) is 0 Å². The molecule has 30 heavy (non-hydrogen) atoms. The zero-order valence-corrected chi connectivity index (χ0v) is 16.7. The molecule has 2 aromatic heterocycles. The molecule has 2 aliphatic heterocycles. The van der Waals surface area contributed by atoms with Gasteiger partial charge < -0.3 is 19.5 Å². The fourth-order valence-corrected chi connectivity index (χ4v) is 4.70. The predicted octanol–water partition coefficient (Wildman–Crippen LogP) is 4.25. The Bertz CT molecular complexity index is 1240. The van der Waals surface area contributed by atoms with Gasteiger partial charge in [-0.3, -0.25) is 0 Å². The minimum absolute atomic E-state index is 0.176. The number of aromatic amines is 1. The predicted molar refractivity (Wildman–Crippen MR) is 118 cm³/mol. The van der Waals surface area contributed by atoms with Crippen LogP contribution in [0.15, 0.2) is 48.5 Å². The van der Waals surface area contributed by atoms with Crippen molar-refractivity contribution in [3.05, 3.63) is 65.6 Å². The monoisotopic (exact) mass is 402 g/mol. The van der Waals surface area contributed by atoms with E-state index in [1.807, 2.05) is 6.07 Å². The van der Waals surface area contributed by atoms with E-state index in [1.165, 1.54) is 23.0 Å². The van der Waals surface area contributed by atoms with Crippen LogP contribution in [0.3, 0.4) is 0 Å². The number of hydrogen-bond donors (Lipinski definition) is 1.